The molecular formula is C9H4Br2F6. The number of hydrogen-bond donors (Lipinski definition) is 0. The fourth-order valence-electron chi connectivity index (χ4n) is 1.29. The summed E-state index contributed by atoms with van der Waals surface area (Å²) in [5, 5.41) is -0.524. The van der Waals surface area contributed by atoms with Gasteiger partial charge in [-0.3, -0.25) is 0 Å². The molecule has 1 rings (SSSR count). The first-order valence-corrected chi connectivity index (χ1v) is 6.01. The van der Waals surface area contributed by atoms with Gasteiger partial charge in [-0.15, -0.1) is 0 Å². The number of halogens is 8. The predicted octanol–water partition coefficient (Wildman–Crippen LogP) is 5.38. The molecule has 0 aliphatic heterocycles. The van der Waals surface area contributed by atoms with Crippen LogP contribution in [0.25, 0.3) is 0 Å². The minimum atomic E-state index is -4.83. The Morgan fingerprint density at radius 1 is 0.882 bits per heavy atom. The summed E-state index contributed by atoms with van der Waals surface area (Å²) in [4.78, 5) is 0. The summed E-state index contributed by atoms with van der Waals surface area (Å²) in [6.45, 7) is 0. The molecule has 8 heteroatoms. The van der Waals surface area contributed by atoms with E-state index >= 15 is 0 Å². The fraction of sp³-hybridized carbons (Fsp3) is 0.333. The summed E-state index contributed by atoms with van der Waals surface area (Å²) in [5.74, 6) is 0. The van der Waals surface area contributed by atoms with Gasteiger partial charge in [0.1, 0.15) is 0 Å². The van der Waals surface area contributed by atoms with Gasteiger partial charge in [-0.2, -0.15) is 26.3 Å². The fourth-order valence-corrected chi connectivity index (χ4v) is 2.35. The van der Waals surface area contributed by atoms with Crippen molar-refractivity contribution in [3.05, 3.63) is 33.3 Å². The van der Waals surface area contributed by atoms with Gasteiger partial charge in [-0.1, -0.05) is 31.9 Å². The van der Waals surface area contributed by atoms with Crippen LogP contribution in [0.15, 0.2) is 16.6 Å². The molecule has 1 aromatic carbocycles. The van der Waals surface area contributed by atoms with Crippen LogP contribution >= 0.6 is 31.9 Å². The standard InChI is InChI=1S/C9H4Br2F6/c10-3-5-6(8(12,13)14)1-4(11)2-7(5)9(15,16)17/h1-2H,3H2. The molecule has 0 aromatic heterocycles. The van der Waals surface area contributed by atoms with Gasteiger partial charge < -0.3 is 0 Å². The van der Waals surface area contributed by atoms with Crippen LogP contribution in [-0.4, -0.2) is 0 Å². The van der Waals surface area contributed by atoms with Gasteiger partial charge in [0.25, 0.3) is 0 Å². The van der Waals surface area contributed by atoms with Crippen molar-refractivity contribution in [2.45, 2.75) is 17.7 Å². The molecule has 0 amide bonds. The van der Waals surface area contributed by atoms with E-state index in [2.05, 4.69) is 31.9 Å². The molecule has 0 atom stereocenters. The first-order valence-electron chi connectivity index (χ1n) is 4.10. The van der Waals surface area contributed by atoms with Gasteiger partial charge in [-0.25, -0.2) is 0 Å². The van der Waals surface area contributed by atoms with Crippen molar-refractivity contribution < 1.29 is 26.3 Å². The Morgan fingerprint density at radius 2 is 1.24 bits per heavy atom. The second kappa shape index (κ2) is 4.79. The summed E-state index contributed by atoms with van der Waals surface area (Å²) in [6, 6.07) is 1.26. The van der Waals surface area contributed by atoms with Gasteiger partial charge in [0.15, 0.2) is 0 Å². The Bertz CT molecular complexity index is 385. The second-order valence-corrected chi connectivity index (χ2v) is 4.59. The topological polar surface area (TPSA) is 0 Å². The van der Waals surface area contributed by atoms with E-state index in [1.165, 1.54) is 0 Å². The van der Waals surface area contributed by atoms with Crippen LogP contribution in [0.2, 0.25) is 0 Å². The van der Waals surface area contributed by atoms with Gasteiger partial charge >= 0.3 is 12.4 Å². The third-order valence-electron chi connectivity index (χ3n) is 1.96. The largest absolute Gasteiger partial charge is 0.416 e. The summed E-state index contributed by atoms with van der Waals surface area (Å²) in [6.07, 6.45) is -9.65. The Hall–Kier alpha value is -0.240. The normalized spacial score (nSPS) is 12.9. The molecule has 0 radical (unpaired) electrons. The van der Waals surface area contributed by atoms with Gasteiger partial charge in [0.05, 0.1) is 11.1 Å². The zero-order chi connectivity index (χ0) is 13.4. The molecule has 0 saturated carbocycles. The highest BCUT2D eigenvalue weighted by atomic mass is 79.9. The average Bonchev–Trinajstić information content (AvgIpc) is 2.13. The van der Waals surface area contributed by atoms with Crippen LogP contribution in [-0.2, 0) is 17.7 Å². The molecule has 1 aromatic rings. The highest BCUT2D eigenvalue weighted by Gasteiger charge is 2.40. The molecule has 0 aliphatic carbocycles. The van der Waals surface area contributed by atoms with E-state index in [9.17, 15) is 26.3 Å². The number of benzene rings is 1. The lowest BCUT2D eigenvalue weighted by atomic mass is 10.0. The van der Waals surface area contributed by atoms with E-state index in [-0.39, 0.29) is 4.47 Å². The average molecular weight is 386 g/mol. The van der Waals surface area contributed by atoms with Crippen molar-refractivity contribution in [2.75, 3.05) is 0 Å². The van der Waals surface area contributed by atoms with E-state index in [1.54, 1.807) is 0 Å². The van der Waals surface area contributed by atoms with E-state index < -0.39 is 34.4 Å². The van der Waals surface area contributed by atoms with E-state index in [0.29, 0.717) is 12.1 Å². The summed E-state index contributed by atoms with van der Waals surface area (Å²) in [5.41, 5.74) is -3.40. The van der Waals surface area contributed by atoms with Crippen LogP contribution < -0.4 is 0 Å². The monoisotopic (exact) mass is 384 g/mol. The molecule has 0 unspecified atom stereocenters. The molecule has 0 nitrogen and oxygen atoms in total. The molecule has 0 fully saturated rings. The van der Waals surface area contributed by atoms with E-state index in [4.69, 9.17) is 0 Å². The lowest BCUT2D eigenvalue weighted by molar-refractivity contribution is -0.144. The van der Waals surface area contributed by atoms with Crippen molar-refractivity contribution in [1.29, 1.82) is 0 Å². The maximum atomic E-state index is 12.6. The Morgan fingerprint density at radius 3 is 1.47 bits per heavy atom. The molecule has 0 bridgehead atoms. The van der Waals surface area contributed by atoms with Crippen LogP contribution in [0.5, 0.6) is 0 Å². The maximum absolute atomic E-state index is 12.6. The maximum Gasteiger partial charge on any atom is 0.416 e. The van der Waals surface area contributed by atoms with Crippen molar-refractivity contribution in [3.63, 3.8) is 0 Å². The lowest BCUT2D eigenvalue weighted by Gasteiger charge is -2.17. The van der Waals surface area contributed by atoms with Gasteiger partial charge in [-0.05, 0) is 17.7 Å². The molecule has 0 spiro atoms. The second-order valence-electron chi connectivity index (χ2n) is 3.11. The Kier molecular flexibility index (Phi) is 4.18. The highest BCUT2D eigenvalue weighted by Crippen LogP contribution is 2.42. The highest BCUT2D eigenvalue weighted by molar-refractivity contribution is 9.10. The molecule has 0 saturated heterocycles. The zero-order valence-electron chi connectivity index (χ0n) is 7.89. The SMILES string of the molecule is FC(F)(F)c1cc(Br)cc(C(F)(F)F)c1CBr. The first kappa shape index (κ1) is 14.8. The number of alkyl halides is 7. The summed E-state index contributed by atoms with van der Waals surface area (Å²) < 4.78 is 75.2. The molecular weight excluding hydrogens is 382 g/mol. The zero-order valence-corrected chi connectivity index (χ0v) is 11.1. The Labute approximate surface area is 109 Å². The lowest BCUT2D eigenvalue weighted by Crippen LogP contribution is -2.15. The predicted molar refractivity (Wildman–Crippen MR) is 56.8 cm³/mol. The van der Waals surface area contributed by atoms with Crippen LogP contribution in [0.4, 0.5) is 26.3 Å². The summed E-state index contributed by atoms with van der Waals surface area (Å²) in [7, 11) is 0. The van der Waals surface area contributed by atoms with Crippen LogP contribution in [0.3, 0.4) is 0 Å². The third-order valence-corrected chi connectivity index (χ3v) is 2.98. The molecule has 0 aliphatic rings. The number of hydrogen-bond acceptors (Lipinski definition) is 0. The van der Waals surface area contributed by atoms with Crippen molar-refractivity contribution >= 4 is 31.9 Å². The van der Waals surface area contributed by atoms with Crippen molar-refractivity contribution in [3.8, 4) is 0 Å². The molecule has 0 N–H and O–H groups in total. The van der Waals surface area contributed by atoms with E-state index in [1.807, 2.05) is 0 Å². The smallest absolute Gasteiger partial charge is 0.166 e. The summed E-state index contributed by atoms with van der Waals surface area (Å²) >= 11 is 5.30. The van der Waals surface area contributed by atoms with Gasteiger partial charge in [0.2, 0.25) is 0 Å². The van der Waals surface area contributed by atoms with Gasteiger partial charge in [0, 0.05) is 9.80 Å². The third kappa shape index (κ3) is 3.37. The number of rotatable bonds is 1. The molecule has 17 heavy (non-hydrogen) atoms. The van der Waals surface area contributed by atoms with Crippen molar-refractivity contribution in [2.24, 2.45) is 0 Å². The minimum Gasteiger partial charge on any atom is -0.166 e. The Balaban J connectivity index is 3.58. The molecule has 96 valence electrons. The molecule has 0 heterocycles. The first-order chi connectivity index (χ1) is 7.57. The quantitative estimate of drug-likeness (QED) is 0.449. The van der Waals surface area contributed by atoms with Crippen LogP contribution in [0, 0.1) is 0 Å². The van der Waals surface area contributed by atoms with E-state index in [0.717, 1.165) is 0 Å². The van der Waals surface area contributed by atoms with Crippen LogP contribution in [0.1, 0.15) is 16.7 Å². The van der Waals surface area contributed by atoms with Crippen molar-refractivity contribution in [1.82, 2.24) is 0 Å². The minimum absolute atomic E-state index is 0.262.